The fourth-order valence-electron chi connectivity index (χ4n) is 9.06. The number of hydrogen-bond donors (Lipinski definition) is 0. The Morgan fingerprint density at radius 3 is 1.89 bits per heavy atom. The summed E-state index contributed by atoms with van der Waals surface area (Å²) in [7, 11) is 0. The molecule has 0 fully saturated rings. The van der Waals surface area contributed by atoms with Gasteiger partial charge in [0, 0.05) is 61.3 Å². The summed E-state index contributed by atoms with van der Waals surface area (Å²) < 4.78 is 8.97. The molecule has 6 heteroatoms. The van der Waals surface area contributed by atoms with Crippen molar-refractivity contribution in [2.45, 2.75) is 112 Å². The van der Waals surface area contributed by atoms with Crippen LogP contribution in [0.3, 0.4) is 0 Å². The van der Waals surface area contributed by atoms with E-state index in [9.17, 15) is 0 Å². The number of anilines is 4. The second kappa shape index (κ2) is 17.6. The number of nitrogens with zero attached hydrogens (tertiary/aromatic N) is 4. The molecule has 9 rings (SSSR count). The Hall–Kier alpha value is -5.64. The third kappa shape index (κ3) is 8.77. The molecule has 3 heterocycles. The largest absolute Gasteiger partial charge is 0.509 e. The fourth-order valence-corrected chi connectivity index (χ4v) is 9.06. The van der Waals surface area contributed by atoms with Crippen LogP contribution in [0.2, 0.25) is 0 Å². The molecule has 5 nitrogen and oxygen atoms in total. The molecule has 0 radical (unpaired) electrons. The van der Waals surface area contributed by atoms with Crippen LogP contribution in [0.4, 0.5) is 22.7 Å². The minimum absolute atomic E-state index is 0. The zero-order valence-electron chi connectivity index (χ0n) is 39.9. The molecule has 0 amide bonds. The van der Waals surface area contributed by atoms with Gasteiger partial charge in [-0.15, -0.1) is 48.1 Å². The van der Waals surface area contributed by atoms with Crippen molar-refractivity contribution in [3.05, 3.63) is 174 Å². The summed E-state index contributed by atoms with van der Waals surface area (Å²) in [6.45, 7) is 29.5. The number of aromatic nitrogens is 2. The molecule has 1 aliphatic rings. The molecular formula is C59H61N4OPt-3. The SMILES string of the molecule is CC(C)c1cc(C(C)C)c(-c2ccc3c(c2)c2ccc(Oc4[c-]c(N5[CH-]N(c6cccc(C(C)(C)C)c6)c6ccccc65)ccc4)[c-]c2n3-c2cc(C(C)(C)C)ccn2)c(C(C)C)c1.[Pt]. The maximum Gasteiger partial charge on any atom is 0.135 e. The van der Waals surface area contributed by atoms with Crippen LogP contribution in [0.25, 0.3) is 38.8 Å². The van der Waals surface area contributed by atoms with E-state index in [1.807, 2.05) is 24.4 Å². The predicted octanol–water partition coefficient (Wildman–Crippen LogP) is 16.6. The first-order chi connectivity index (χ1) is 30.5. The molecule has 65 heavy (non-hydrogen) atoms. The van der Waals surface area contributed by atoms with E-state index in [1.165, 1.54) is 38.9 Å². The predicted molar refractivity (Wildman–Crippen MR) is 269 cm³/mol. The van der Waals surface area contributed by atoms with Gasteiger partial charge in [0.2, 0.25) is 0 Å². The van der Waals surface area contributed by atoms with Gasteiger partial charge < -0.3 is 19.1 Å². The molecule has 0 atom stereocenters. The molecule has 0 spiro atoms. The van der Waals surface area contributed by atoms with Crippen molar-refractivity contribution in [2.24, 2.45) is 0 Å². The molecule has 336 valence electrons. The quantitative estimate of drug-likeness (QED) is 0.135. The van der Waals surface area contributed by atoms with Crippen LogP contribution in [0.15, 0.2) is 128 Å². The van der Waals surface area contributed by atoms with Crippen molar-refractivity contribution in [3.63, 3.8) is 0 Å². The van der Waals surface area contributed by atoms with Gasteiger partial charge in [-0.05, 0) is 115 Å². The fraction of sp³-hybridized carbons (Fsp3) is 0.288. The van der Waals surface area contributed by atoms with Crippen LogP contribution < -0.4 is 14.5 Å². The van der Waals surface area contributed by atoms with E-state index in [2.05, 4.69) is 219 Å². The normalized spacial score (nSPS) is 13.1. The van der Waals surface area contributed by atoms with E-state index in [4.69, 9.17) is 9.72 Å². The van der Waals surface area contributed by atoms with Crippen LogP contribution in [-0.2, 0) is 31.9 Å². The van der Waals surface area contributed by atoms with Crippen LogP contribution in [0, 0.1) is 18.8 Å². The summed E-state index contributed by atoms with van der Waals surface area (Å²) in [5.74, 6) is 3.27. The van der Waals surface area contributed by atoms with Gasteiger partial charge in [-0.2, -0.15) is 12.1 Å². The van der Waals surface area contributed by atoms with Crippen molar-refractivity contribution < 1.29 is 25.8 Å². The first-order valence-electron chi connectivity index (χ1n) is 22.9. The van der Waals surface area contributed by atoms with Gasteiger partial charge in [-0.25, -0.2) is 4.98 Å². The van der Waals surface area contributed by atoms with Gasteiger partial charge >= 0.3 is 0 Å². The number of rotatable bonds is 9. The topological polar surface area (TPSA) is 33.5 Å². The zero-order chi connectivity index (χ0) is 45.2. The monoisotopic (exact) mass is 1040 g/mol. The molecule has 0 saturated carbocycles. The third-order valence-corrected chi connectivity index (χ3v) is 12.8. The Morgan fingerprint density at radius 1 is 0.585 bits per heavy atom. The second-order valence-corrected chi connectivity index (χ2v) is 20.5. The Morgan fingerprint density at radius 2 is 1.23 bits per heavy atom. The Balaban J connectivity index is 0.00000576. The van der Waals surface area contributed by atoms with Crippen molar-refractivity contribution in [3.8, 4) is 28.4 Å². The molecule has 0 aliphatic carbocycles. The summed E-state index contributed by atoms with van der Waals surface area (Å²) in [5, 5.41) is 2.25. The van der Waals surface area contributed by atoms with Crippen LogP contribution in [0.5, 0.6) is 11.5 Å². The van der Waals surface area contributed by atoms with Crippen molar-refractivity contribution in [2.75, 3.05) is 9.80 Å². The molecule has 0 bridgehead atoms. The zero-order valence-corrected chi connectivity index (χ0v) is 42.2. The van der Waals surface area contributed by atoms with E-state index < -0.39 is 0 Å². The molecule has 6 aromatic carbocycles. The number of benzene rings is 6. The van der Waals surface area contributed by atoms with Crippen LogP contribution in [0.1, 0.15) is 129 Å². The van der Waals surface area contributed by atoms with Crippen molar-refractivity contribution in [1.82, 2.24) is 9.55 Å². The van der Waals surface area contributed by atoms with Gasteiger partial charge in [0.15, 0.2) is 0 Å². The average Bonchev–Trinajstić information content (AvgIpc) is 3.81. The van der Waals surface area contributed by atoms with E-state index >= 15 is 0 Å². The first-order valence-corrected chi connectivity index (χ1v) is 22.9. The number of pyridine rings is 1. The summed E-state index contributed by atoms with van der Waals surface area (Å²) in [5.41, 5.74) is 15.5. The smallest absolute Gasteiger partial charge is 0.135 e. The molecular weight excluding hydrogens is 976 g/mol. The minimum Gasteiger partial charge on any atom is -0.509 e. The van der Waals surface area contributed by atoms with Gasteiger partial charge in [-0.3, -0.25) is 0 Å². The number of fused-ring (bicyclic) bond motifs is 4. The molecule has 2 aromatic heterocycles. The van der Waals surface area contributed by atoms with Gasteiger partial charge in [0.1, 0.15) is 5.82 Å². The standard InChI is InChI=1S/C59H61N4O.Pt/c1-37(2)41-30-49(38(3)4)57(50(31-41)39(5)6)40-23-26-52-51(29-40)48-25-24-47(35-55(48)63(52)56-33-43(27-28-60-56)59(10,11)12)64-46-20-16-19-45(34-46)62-36-61(53-21-13-14-22-54(53)62)44-18-15-17-42(32-44)58(7,8)9;/h13-33,36-39H,1-12H3;/q-3;. The molecule has 0 saturated heterocycles. The third-order valence-electron chi connectivity index (χ3n) is 12.8. The first kappa shape index (κ1) is 45.9. The van der Waals surface area contributed by atoms with Crippen molar-refractivity contribution in [1.29, 1.82) is 0 Å². The number of hydrogen-bond acceptors (Lipinski definition) is 4. The van der Waals surface area contributed by atoms with Crippen LogP contribution >= 0.6 is 0 Å². The maximum atomic E-state index is 6.71. The Labute approximate surface area is 401 Å². The van der Waals surface area contributed by atoms with Gasteiger partial charge in [-0.1, -0.05) is 137 Å². The molecule has 0 unspecified atom stereocenters. The van der Waals surface area contributed by atoms with E-state index in [-0.39, 0.29) is 31.9 Å². The maximum absolute atomic E-state index is 6.71. The van der Waals surface area contributed by atoms with Gasteiger partial charge in [0.25, 0.3) is 0 Å². The van der Waals surface area contributed by atoms with Gasteiger partial charge in [0.05, 0.1) is 0 Å². The molecule has 8 aromatic rings. The number of para-hydroxylation sites is 2. The Bertz CT molecular complexity index is 3010. The van der Waals surface area contributed by atoms with Crippen LogP contribution in [-0.4, -0.2) is 9.55 Å². The van der Waals surface area contributed by atoms with E-state index in [0.717, 1.165) is 50.4 Å². The summed E-state index contributed by atoms with van der Waals surface area (Å²) >= 11 is 0. The summed E-state index contributed by atoms with van der Waals surface area (Å²) in [6.07, 6.45) is 1.93. The average molecular weight is 1040 g/mol. The summed E-state index contributed by atoms with van der Waals surface area (Å²) in [4.78, 5) is 9.44. The minimum atomic E-state index is -0.0497. The molecule has 0 N–H and O–H groups in total. The Kier molecular flexibility index (Phi) is 12.5. The van der Waals surface area contributed by atoms with E-state index in [0.29, 0.717) is 29.3 Å². The van der Waals surface area contributed by atoms with Crippen molar-refractivity contribution >= 4 is 44.6 Å². The molecule has 1 aliphatic heterocycles. The van der Waals surface area contributed by atoms with E-state index in [1.54, 1.807) is 0 Å². The second-order valence-electron chi connectivity index (χ2n) is 20.5. The summed E-state index contributed by atoms with van der Waals surface area (Å²) in [6, 6.07) is 51.2. The number of ether oxygens (including phenoxy) is 1.